The number of hydrogen-bond donors (Lipinski definition) is 2. The minimum absolute atomic E-state index is 0. The lowest BCUT2D eigenvalue weighted by Crippen LogP contribution is -2.59. The van der Waals surface area contributed by atoms with Crippen molar-refractivity contribution in [3.63, 3.8) is 0 Å². The van der Waals surface area contributed by atoms with Crippen LogP contribution in [0.4, 0.5) is 0 Å². The molecular formula is C14H25ClN2O. The van der Waals surface area contributed by atoms with Crippen LogP contribution in [0.3, 0.4) is 0 Å². The van der Waals surface area contributed by atoms with E-state index in [4.69, 9.17) is 5.73 Å². The van der Waals surface area contributed by atoms with Gasteiger partial charge in [-0.3, -0.25) is 4.79 Å². The quantitative estimate of drug-likeness (QED) is 0.825. The molecule has 4 fully saturated rings. The number of amides is 1. The van der Waals surface area contributed by atoms with Crippen LogP contribution < -0.4 is 11.1 Å². The van der Waals surface area contributed by atoms with Crippen molar-refractivity contribution >= 4 is 18.3 Å². The molecule has 0 atom stereocenters. The fraction of sp³-hybridized carbons (Fsp3) is 0.929. The standard InChI is InChI=1S/C14H24N2O.ClH/c15-3-1-2-13(17)16-14-7-10-4-11(8-14)6-12(5-10)9-14;/h10-12H,1-9,15H2,(H,16,17);1H. The summed E-state index contributed by atoms with van der Waals surface area (Å²) in [5, 5.41) is 3.36. The van der Waals surface area contributed by atoms with E-state index in [1.54, 1.807) is 0 Å². The van der Waals surface area contributed by atoms with E-state index in [9.17, 15) is 4.79 Å². The molecule has 104 valence electrons. The Morgan fingerprint density at radius 2 is 1.61 bits per heavy atom. The predicted molar refractivity (Wildman–Crippen MR) is 74.6 cm³/mol. The molecule has 4 heteroatoms. The Morgan fingerprint density at radius 3 is 2.06 bits per heavy atom. The van der Waals surface area contributed by atoms with E-state index in [2.05, 4.69) is 5.32 Å². The molecule has 3 N–H and O–H groups in total. The summed E-state index contributed by atoms with van der Waals surface area (Å²) in [7, 11) is 0. The third-order valence-corrected chi connectivity index (χ3v) is 5.05. The van der Waals surface area contributed by atoms with Crippen LogP contribution in [0, 0.1) is 17.8 Å². The van der Waals surface area contributed by atoms with Gasteiger partial charge >= 0.3 is 0 Å². The molecule has 0 aliphatic heterocycles. The maximum atomic E-state index is 11.9. The fourth-order valence-corrected chi connectivity index (χ4v) is 4.88. The zero-order chi connectivity index (χ0) is 11.9. The van der Waals surface area contributed by atoms with Gasteiger partial charge in [-0.15, -0.1) is 12.4 Å². The predicted octanol–water partition coefficient (Wildman–Crippen LogP) is 2.23. The number of halogens is 1. The van der Waals surface area contributed by atoms with Crippen LogP contribution in [0.5, 0.6) is 0 Å². The Hall–Kier alpha value is -0.280. The minimum Gasteiger partial charge on any atom is -0.351 e. The average Bonchev–Trinajstić information content (AvgIpc) is 2.23. The second kappa shape index (κ2) is 5.38. The summed E-state index contributed by atoms with van der Waals surface area (Å²) in [4.78, 5) is 11.9. The van der Waals surface area contributed by atoms with Gasteiger partial charge in [-0.1, -0.05) is 0 Å². The Kier molecular flexibility index (Phi) is 4.22. The lowest BCUT2D eigenvalue weighted by molar-refractivity contribution is -0.126. The van der Waals surface area contributed by atoms with Crippen LogP contribution in [0.2, 0.25) is 0 Å². The first-order chi connectivity index (χ1) is 8.19. The summed E-state index contributed by atoms with van der Waals surface area (Å²) < 4.78 is 0. The summed E-state index contributed by atoms with van der Waals surface area (Å²) in [6.45, 7) is 0.619. The van der Waals surface area contributed by atoms with Crippen LogP contribution >= 0.6 is 12.4 Å². The van der Waals surface area contributed by atoms with Crippen molar-refractivity contribution in [3.8, 4) is 0 Å². The van der Waals surface area contributed by atoms with Crippen molar-refractivity contribution in [2.45, 2.75) is 56.9 Å². The van der Waals surface area contributed by atoms with Crippen LogP contribution in [-0.2, 0) is 4.79 Å². The average molecular weight is 273 g/mol. The van der Waals surface area contributed by atoms with E-state index in [0.29, 0.717) is 13.0 Å². The second-order valence-electron chi connectivity index (χ2n) is 6.64. The van der Waals surface area contributed by atoms with Gasteiger partial charge < -0.3 is 11.1 Å². The molecule has 0 radical (unpaired) electrons. The third kappa shape index (κ3) is 2.67. The Morgan fingerprint density at radius 1 is 1.11 bits per heavy atom. The number of hydrogen-bond acceptors (Lipinski definition) is 2. The van der Waals surface area contributed by atoms with Crippen molar-refractivity contribution in [2.75, 3.05) is 6.54 Å². The molecule has 4 rings (SSSR count). The molecule has 0 heterocycles. The van der Waals surface area contributed by atoms with Gasteiger partial charge in [0.1, 0.15) is 0 Å². The van der Waals surface area contributed by atoms with Gasteiger partial charge in [0.2, 0.25) is 5.91 Å². The molecule has 4 aliphatic rings. The molecule has 4 saturated carbocycles. The van der Waals surface area contributed by atoms with Gasteiger partial charge in [-0.2, -0.15) is 0 Å². The second-order valence-corrected chi connectivity index (χ2v) is 6.64. The molecule has 0 spiro atoms. The molecule has 3 nitrogen and oxygen atoms in total. The number of nitrogens with one attached hydrogen (secondary N) is 1. The molecule has 0 aromatic carbocycles. The minimum atomic E-state index is 0. The van der Waals surface area contributed by atoms with Gasteiger partial charge in [0.25, 0.3) is 0 Å². The Balaban J connectivity index is 0.00000120. The smallest absolute Gasteiger partial charge is 0.220 e. The van der Waals surface area contributed by atoms with E-state index in [0.717, 1.165) is 24.2 Å². The summed E-state index contributed by atoms with van der Waals surface area (Å²) in [5.41, 5.74) is 5.64. The first kappa shape index (κ1) is 14.1. The highest BCUT2D eigenvalue weighted by atomic mass is 35.5. The van der Waals surface area contributed by atoms with E-state index in [-0.39, 0.29) is 23.9 Å². The maximum Gasteiger partial charge on any atom is 0.220 e. The molecule has 4 bridgehead atoms. The lowest BCUT2D eigenvalue weighted by atomic mass is 9.53. The molecule has 4 aliphatic carbocycles. The summed E-state index contributed by atoms with van der Waals surface area (Å²) in [6.07, 6.45) is 9.44. The van der Waals surface area contributed by atoms with E-state index in [1.165, 1.54) is 38.5 Å². The highest BCUT2D eigenvalue weighted by Crippen LogP contribution is 2.55. The summed E-state index contributed by atoms with van der Waals surface area (Å²) in [5.74, 6) is 2.93. The number of nitrogens with two attached hydrogens (primary N) is 1. The number of carbonyl (C=O) groups is 1. The molecule has 18 heavy (non-hydrogen) atoms. The van der Waals surface area contributed by atoms with Crippen molar-refractivity contribution in [1.29, 1.82) is 0 Å². The lowest BCUT2D eigenvalue weighted by Gasteiger charge is -2.56. The molecule has 0 aromatic rings. The third-order valence-electron chi connectivity index (χ3n) is 5.05. The molecule has 0 aromatic heterocycles. The SMILES string of the molecule is Cl.NCCCC(=O)NC12CC3CC(CC(C3)C1)C2. The first-order valence-corrected chi connectivity index (χ1v) is 7.20. The van der Waals surface area contributed by atoms with Crippen molar-refractivity contribution < 1.29 is 4.79 Å². The number of rotatable bonds is 4. The molecular weight excluding hydrogens is 248 g/mol. The zero-order valence-corrected chi connectivity index (χ0v) is 11.8. The van der Waals surface area contributed by atoms with Crippen molar-refractivity contribution in [1.82, 2.24) is 5.32 Å². The monoisotopic (exact) mass is 272 g/mol. The topological polar surface area (TPSA) is 55.1 Å². The first-order valence-electron chi connectivity index (χ1n) is 7.20. The van der Waals surface area contributed by atoms with Gasteiger partial charge in [-0.05, 0) is 69.2 Å². The van der Waals surface area contributed by atoms with Crippen LogP contribution in [0.25, 0.3) is 0 Å². The maximum absolute atomic E-state index is 11.9. The Labute approximate surface area is 116 Å². The van der Waals surface area contributed by atoms with Crippen molar-refractivity contribution in [3.05, 3.63) is 0 Å². The van der Waals surface area contributed by atoms with Crippen LogP contribution in [0.15, 0.2) is 0 Å². The normalized spacial score (nSPS) is 40.4. The van der Waals surface area contributed by atoms with E-state index < -0.39 is 0 Å². The summed E-state index contributed by atoms with van der Waals surface area (Å²) in [6, 6.07) is 0. The van der Waals surface area contributed by atoms with Crippen LogP contribution in [0.1, 0.15) is 51.4 Å². The molecule has 0 unspecified atom stereocenters. The van der Waals surface area contributed by atoms with Crippen molar-refractivity contribution in [2.24, 2.45) is 23.5 Å². The highest BCUT2D eigenvalue weighted by Gasteiger charge is 2.51. The fourth-order valence-electron chi connectivity index (χ4n) is 4.88. The van der Waals surface area contributed by atoms with E-state index >= 15 is 0 Å². The summed E-state index contributed by atoms with van der Waals surface area (Å²) >= 11 is 0. The zero-order valence-electron chi connectivity index (χ0n) is 11.0. The van der Waals surface area contributed by atoms with Gasteiger partial charge in [-0.25, -0.2) is 0 Å². The van der Waals surface area contributed by atoms with Gasteiger partial charge in [0.15, 0.2) is 0 Å². The number of carbonyl (C=O) groups excluding carboxylic acids is 1. The largest absolute Gasteiger partial charge is 0.351 e. The molecule has 0 saturated heterocycles. The van der Waals surface area contributed by atoms with Gasteiger partial charge in [0.05, 0.1) is 0 Å². The van der Waals surface area contributed by atoms with Crippen LogP contribution in [-0.4, -0.2) is 18.0 Å². The Bertz CT molecular complexity index is 284. The van der Waals surface area contributed by atoms with E-state index in [1.807, 2.05) is 0 Å². The van der Waals surface area contributed by atoms with Gasteiger partial charge in [0, 0.05) is 12.0 Å². The highest BCUT2D eigenvalue weighted by molar-refractivity contribution is 5.85. The molecule has 1 amide bonds.